The summed E-state index contributed by atoms with van der Waals surface area (Å²) < 4.78 is 2.02. The highest BCUT2D eigenvalue weighted by Gasteiger charge is 2.25. The number of fused-ring (bicyclic) bond motifs is 1. The largest absolute Gasteiger partial charge is 0.396 e. The third kappa shape index (κ3) is 2.82. The minimum Gasteiger partial charge on any atom is -0.396 e. The molecule has 2 aliphatic heterocycles. The van der Waals surface area contributed by atoms with Gasteiger partial charge < -0.3 is 10.0 Å². The van der Waals surface area contributed by atoms with Gasteiger partial charge in [0.25, 0.3) is 0 Å². The second-order valence-electron chi connectivity index (χ2n) is 6.11. The van der Waals surface area contributed by atoms with E-state index in [0.717, 1.165) is 44.0 Å². The van der Waals surface area contributed by atoms with E-state index >= 15 is 0 Å². The average Bonchev–Trinajstić information content (AvgIpc) is 2.80. The van der Waals surface area contributed by atoms with Gasteiger partial charge in [0.05, 0.1) is 6.61 Å². The highest BCUT2D eigenvalue weighted by Crippen LogP contribution is 2.26. The van der Waals surface area contributed by atoms with Crippen LogP contribution in [0.5, 0.6) is 0 Å². The Morgan fingerprint density at radius 3 is 2.89 bits per heavy atom. The van der Waals surface area contributed by atoms with Crippen LogP contribution in [-0.4, -0.2) is 51.5 Å². The molecular weight excluding hydrogens is 240 g/mol. The number of nitrogens with zero attached hydrogens (tertiary/aromatic N) is 4. The molecule has 2 aliphatic rings. The average molecular weight is 264 g/mol. The molecule has 0 spiro atoms. The Morgan fingerprint density at radius 2 is 2.11 bits per heavy atom. The van der Waals surface area contributed by atoms with E-state index in [1.54, 1.807) is 0 Å². The highest BCUT2D eigenvalue weighted by atomic mass is 16.3. The van der Waals surface area contributed by atoms with E-state index in [0.29, 0.717) is 5.92 Å². The molecule has 0 aliphatic carbocycles. The smallest absolute Gasteiger partial charge is 0.151 e. The van der Waals surface area contributed by atoms with Crippen LogP contribution in [0, 0.1) is 5.92 Å². The number of aliphatic hydroxyl groups is 1. The summed E-state index contributed by atoms with van der Waals surface area (Å²) in [7, 11) is 2.19. The number of aromatic nitrogens is 3. The predicted octanol–water partition coefficient (Wildman–Crippen LogP) is 1.03. The molecule has 1 aromatic rings. The Bertz CT molecular complexity index is 431. The number of likely N-dealkylation sites (tertiary alicyclic amines) is 1. The van der Waals surface area contributed by atoms with Gasteiger partial charge in [0.15, 0.2) is 5.82 Å². The molecular formula is C14H24N4O. The summed E-state index contributed by atoms with van der Waals surface area (Å²) in [4.78, 5) is 7.10. The third-order valence-corrected chi connectivity index (χ3v) is 4.45. The van der Waals surface area contributed by atoms with Crippen molar-refractivity contribution in [2.75, 3.05) is 26.7 Å². The van der Waals surface area contributed by atoms with E-state index < -0.39 is 0 Å². The fourth-order valence-corrected chi connectivity index (χ4v) is 3.44. The van der Waals surface area contributed by atoms with Gasteiger partial charge in [-0.1, -0.05) is 0 Å². The molecule has 0 radical (unpaired) electrons. The SMILES string of the molecule is CN1CCCC(Cc2nc3n(n2)CCCC3CO)C1. The fraction of sp³-hybridized carbons (Fsp3) is 0.857. The summed E-state index contributed by atoms with van der Waals surface area (Å²) in [6.07, 6.45) is 5.71. The lowest BCUT2D eigenvalue weighted by Gasteiger charge is -2.28. The Hall–Kier alpha value is -0.940. The number of piperidine rings is 1. The van der Waals surface area contributed by atoms with E-state index in [-0.39, 0.29) is 12.5 Å². The molecule has 1 aromatic heterocycles. The predicted molar refractivity (Wildman–Crippen MR) is 73.0 cm³/mol. The van der Waals surface area contributed by atoms with Crippen LogP contribution < -0.4 is 0 Å². The first kappa shape index (κ1) is 13.1. The molecule has 3 rings (SSSR count). The molecule has 0 saturated carbocycles. The number of hydrogen-bond donors (Lipinski definition) is 1. The quantitative estimate of drug-likeness (QED) is 0.886. The van der Waals surface area contributed by atoms with Gasteiger partial charge >= 0.3 is 0 Å². The van der Waals surface area contributed by atoms with Gasteiger partial charge in [-0.2, -0.15) is 5.10 Å². The van der Waals surface area contributed by atoms with Crippen molar-refractivity contribution < 1.29 is 5.11 Å². The topological polar surface area (TPSA) is 54.2 Å². The standard InChI is InChI=1S/C14H24N4O/c1-17-6-2-4-11(9-17)8-13-15-14-12(10-19)5-3-7-18(14)16-13/h11-12,19H,2-10H2,1H3. The lowest BCUT2D eigenvalue weighted by molar-refractivity contribution is 0.207. The first-order valence-electron chi connectivity index (χ1n) is 7.49. The number of hydrogen-bond acceptors (Lipinski definition) is 4. The molecule has 3 heterocycles. The van der Waals surface area contributed by atoms with Gasteiger partial charge in [-0.25, -0.2) is 9.67 Å². The number of aryl methyl sites for hydroxylation is 1. The van der Waals surface area contributed by atoms with E-state index in [4.69, 9.17) is 4.98 Å². The van der Waals surface area contributed by atoms with Gasteiger partial charge in [0, 0.05) is 25.4 Å². The first-order valence-corrected chi connectivity index (χ1v) is 7.49. The van der Waals surface area contributed by atoms with E-state index in [2.05, 4.69) is 17.0 Å². The van der Waals surface area contributed by atoms with Crippen LogP contribution in [-0.2, 0) is 13.0 Å². The normalized spacial score (nSPS) is 28.3. The van der Waals surface area contributed by atoms with Crippen molar-refractivity contribution in [2.24, 2.45) is 5.92 Å². The van der Waals surface area contributed by atoms with Crippen LogP contribution >= 0.6 is 0 Å². The van der Waals surface area contributed by atoms with Crippen molar-refractivity contribution in [3.63, 3.8) is 0 Å². The van der Waals surface area contributed by atoms with Gasteiger partial charge in [-0.3, -0.25) is 0 Å². The second-order valence-corrected chi connectivity index (χ2v) is 6.11. The molecule has 5 nitrogen and oxygen atoms in total. The van der Waals surface area contributed by atoms with Crippen LogP contribution in [0.1, 0.15) is 43.3 Å². The molecule has 0 amide bonds. The maximum atomic E-state index is 9.42. The van der Waals surface area contributed by atoms with Crippen molar-refractivity contribution >= 4 is 0 Å². The zero-order valence-electron chi connectivity index (χ0n) is 11.8. The summed E-state index contributed by atoms with van der Waals surface area (Å²) in [5.74, 6) is 2.88. The monoisotopic (exact) mass is 264 g/mol. The lowest BCUT2D eigenvalue weighted by atomic mass is 9.95. The summed E-state index contributed by atoms with van der Waals surface area (Å²) in [6, 6.07) is 0. The lowest BCUT2D eigenvalue weighted by Crippen LogP contribution is -2.33. The van der Waals surface area contributed by atoms with Crippen molar-refractivity contribution in [2.45, 2.75) is 44.6 Å². The van der Waals surface area contributed by atoms with Crippen LogP contribution in [0.15, 0.2) is 0 Å². The molecule has 0 bridgehead atoms. The van der Waals surface area contributed by atoms with Crippen LogP contribution in [0.3, 0.4) is 0 Å². The van der Waals surface area contributed by atoms with Crippen molar-refractivity contribution in [1.29, 1.82) is 0 Å². The van der Waals surface area contributed by atoms with Gasteiger partial charge in [-0.15, -0.1) is 0 Å². The molecule has 2 unspecified atom stereocenters. The summed E-state index contributed by atoms with van der Waals surface area (Å²) in [5.41, 5.74) is 0. The minimum atomic E-state index is 0.198. The van der Waals surface area contributed by atoms with Gasteiger partial charge in [0.1, 0.15) is 5.82 Å². The van der Waals surface area contributed by atoms with Gasteiger partial charge in [-0.05, 0) is 45.2 Å². The van der Waals surface area contributed by atoms with Crippen molar-refractivity contribution in [3.8, 4) is 0 Å². The Balaban J connectivity index is 1.70. The van der Waals surface area contributed by atoms with E-state index in [1.807, 2.05) is 4.68 Å². The summed E-state index contributed by atoms with van der Waals surface area (Å²) in [5, 5.41) is 14.1. The van der Waals surface area contributed by atoms with Crippen LogP contribution in [0.2, 0.25) is 0 Å². The number of rotatable bonds is 3. The molecule has 1 saturated heterocycles. The molecule has 1 N–H and O–H groups in total. The first-order chi connectivity index (χ1) is 9.26. The Labute approximate surface area is 114 Å². The minimum absolute atomic E-state index is 0.198. The van der Waals surface area contributed by atoms with Gasteiger partial charge in [0.2, 0.25) is 0 Å². The van der Waals surface area contributed by atoms with Crippen LogP contribution in [0.4, 0.5) is 0 Å². The molecule has 2 atom stereocenters. The zero-order valence-corrected chi connectivity index (χ0v) is 11.8. The number of aliphatic hydroxyl groups excluding tert-OH is 1. The van der Waals surface area contributed by atoms with Crippen LogP contribution in [0.25, 0.3) is 0 Å². The molecule has 5 heteroatoms. The molecule has 106 valence electrons. The summed E-state index contributed by atoms with van der Waals surface area (Å²) >= 11 is 0. The second kappa shape index (κ2) is 5.59. The fourth-order valence-electron chi connectivity index (χ4n) is 3.44. The van der Waals surface area contributed by atoms with E-state index in [9.17, 15) is 5.11 Å². The summed E-state index contributed by atoms with van der Waals surface area (Å²) in [6.45, 7) is 3.54. The third-order valence-electron chi connectivity index (χ3n) is 4.45. The van der Waals surface area contributed by atoms with Crippen molar-refractivity contribution in [1.82, 2.24) is 19.7 Å². The zero-order chi connectivity index (χ0) is 13.2. The van der Waals surface area contributed by atoms with E-state index in [1.165, 1.54) is 19.4 Å². The van der Waals surface area contributed by atoms with Crippen molar-refractivity contribution in [3.05, 3.63) is 11.6 Å². The molecule has 1 fully saturated rings. The Morgan fingerprint density at radius 1 is 1.26 bits per heavy atom. The molecule has 0 aromatic carbocycles. The Kier molecular flexibility index (Phi) is 3.84. The highest BCUT2D eigenvalue weighted by molar-refractivity contribution is 5.04. The molecule has 19 heavy (non-hydrogen) atoms. The maximum absolute atomic E-state index is 9.42. The maximum Gasteiger partial charge on any atom is 0.151 e.